The third-order valence-corrected chi connectivity index (χ3v) is 1.86. The maximum Gasteiger partial charge on any atom is 0.255 e. The molecule has 1 aromatic rings. The molecule has 0 unspecified atom stereocenters. The molecule has 4 N–H and O–H groups in total. The van der Waals surface area contributed by atoms with Crippen molar-refractivity contribution in [2.45, 2.75) is 0 Å². The number of hydrogen-bond acceptors (Lipinski definition) is 4. The van der Waals surface area contributed by atoms with Crippen molar-refractivity contribution in [3.63, 3.8) is 0 Å². The van der Waals surface area contributed by atoms with Crippen LogP contribution in [0.4, 0.5) is 5.69 Å². The van der Waals surface area contributed by atoms with E-state index in [-0.39, 0.29) is 19.1 Å². The van der Waals surface area contributed by atoms with Crippen molar-refractivity contribution in [3.8, 4) is 5.75 Å². The Labute approximate surface area is 99.1 Å². The van der Waals surface area contributed by atoms with Gasteiger partial charge in [-0.05, 0) is 31.3 Å². The molecule has 92 valence electrons. The molecule has 0 aliphatic rings. The van der Waals surface area contributed by atoms with Gasteiger partial charge in [-0.3, -0.25) is 9.59 Å². The molecule has 0 atom stereocenters. The van der Waals surface area contributed by atoms with Crippen LogP contribution in [0.15, 0.2) is 24.3 Å². The number of amides is 2. The number of carbonyl (C=O) groups is 2. The average molecular weight is 237 g/mol. The Hall–Kier alpha value is -2.08. The molecular weight excluding hydrogens is 222 g/mol. The van der Waals surface area contributed by atoms with Crippen molar-refractivity contribution in [2.75, 3.05) is 25.5 Å². The summed E-state index contributed by atoms with van der Waals surface area (Å²) in [5, 5.41) is 5.43. The zero-order valence-electron chi connectivity index (χ0n) is 9.53. The molecule has 0 aliphatic heterocycles. The molecule has 0 spiro atoms. The van der Waals surface area contributed by atoms with Gasteiger partial charge in [0, 0.05) is 5.69 Å². The summed E-state index contributed by atoms with van der Waals surface area (Å²) in [5.41, 5.74) is 5.61. The summed E-state index contributed by atoms with van der Waals surface area (Å²) >= 11 is 0. The van der Waals surface area contributed by atoms with E-state index < -0.39 is 5.91 Å². The Morgan fingerprint density at radius 3 is 2.47 bits per heavy atom. The second-order valence-corrected chi connectivity index (χ2v) is 3.36. The van der Waals surface area contributed by atoms with Crippen LogP contribution in [-0.4, -0.2) is 32.0 Å². The van der Waals surface area contributed by atoms with Crippen LogP contribution in [0.2, 0.25) is 0 Å². The van der Waals surface area contributed by atoms with E-state index >= 15 is 0 Å². The van der Waals surface area contributed by atoms with Crippen molar-refractivity contribution >= 4 is 17.5 Å². The van der Waals surface area contributed by atoms with E-state index in [2.05, 4.69) is 10.6 Å². The predicted molar refractivity (Wildman–Crippen MR) is 63.7 cm³/mol. The van der Waals surface area contributed by atoms with Gasteiger partial charge < -0.3 is 21.1 Å². The number of hydrogen-bond donors (Lipinski definition) is 3. The van der Waals surface area contributed by atoms with Gasteiger partial charge in [0.2, 0.25) is 5.91 Å². The van der Waals surface area contributed by atoms with Crippen LogP contribution < -0.4 is 21.1 Å². The lowest BCUT2D eigenvalue weighted by atomic mass is 10.3. The van der Waals surface area contributed by atoms with Crippen molar-refractivity contribution in [2.24, 2.45) is 5.73 Å². The van der Waals surface area contributed by atoms with Crippen molar-refractivity contribution in [3.05, 3.63) is 24.3 Å². The molecule has 0 saturated heterocycles. The molecule has 0 fully saturated rings. The number of carbonyl (C=O) groups excluding carboxylic acids is 2. The van der Waals surface area contributed by atoms with E-state index in [0.717, 1.165) is 0 Å². The van der Waals surface area contributed by atoms with Crippen LogP contribution in [0, 0.1) is 0 Å². The standard InChI is InChI=1S/C11H15N3O3/c1-13-6-11(16)14-8-2-4-9(5-3-8)17-7-10(12)15/h2-5,13H,6-7H2,1H3,(H2,12,15)(H,14,16). The topological polar surface area (TPSA) is 93.4 Å². The number of anilines is 1. The summed E-state index contributed by atoms with van der Waals surface area (Å²) in [4.78, 5) is 21.7. The Bertz CT molecular complexity index is 389. The van der Waals surface area contributed by atoms with Gasteiger partial charge in [0.25, 0.3) is 5.91 Å². The van der Waals surface area contributed by atoms with Crippen LogP contribution in [0.3, 0.4) is 0 Å². The highest BCUT2D eigenvalue weighted by molar-refractivity contribution is 5.92. The minimum Gasteiger partial charge on any atom is -0.484 e. The summed E-state index contributed by atoms with van der Waals surface area (Å²) < 4.78 is 5.08. The molecule has 17 heavy (non-hydrogen) atoms. The van der Waals surface area contributed by atoms with Crippen LogP contribution in [0.25, 0.3) is 0 Å². The minimum atomic E-state index is -0.531. The second-order valence-electron chi connectivity index (χ2n) is 3.36. The lowest BCUT2D eigenvalue weighted by Gasteiger charge is -2.06. The van der Waals surface area contributed by atoms with E-state index in [9.17, 15) is 9.59 Å². The molecule has 1 aromatic carbocycles. The summed E-state index contributed by atoms with van der Waals surface area (Å²) in [7, 11) is 1.69. The van der Waals surface area contributed by atoms with Crippen LogP contribution in [0.1, 0.15) is 0 Å². The van der Waals surface area contributed by atoms with E-state index in [1.165, 1.54) is 0 Å². The van der Waals surface area contributed by atoms with E-state index in [1.807, 2.05) is 0 Å². The number of nitrogens with two attached hydrogens (primary N) is 1. The van der Waals surface area contributed by atoms with Crippen LogP contribution >= 0.6 is 0 Å². The third kappa shape index (κ3) is 4.98. The third-order valence-electron chi connectivity index (χ3n) is 1.86. The first-order valence-electron chi connectivity index (χ1n) is 5.07. The lowest BCUT2D eigenvalue weighted by Crippen LogP contribution is -2.25. The maximum absolute atomic E-state index is 11.2. The largest absolute Gasteiger partial charge is 0.484 e. The summed E-state index contributed by atoms with van der Waals surface area (Å²) in [6.07, 6.45) is 0. The van der Waals surface area contributed by atoms with E-state index in [0.29, 0.717) is 11.4 Å². The van der Waals surface area contributed by atoms with Gasteiger partial charge in [-0.2, -0.15) is 0 Å². The summed E-state index contributed by atoms with van der Waals surface area (Å²) in [6.45, 7) is 0.0887. The number of likely N-dealkylation sites (N-methyl/N-ethyl adjacent to an activating group) is 1. The SMILES string of the molecule is CNCC(=O)Nc1ccc(OCC(N)=O)cc1. The van der Waals surface area contributed by atoms with Crippen molar-refractivity contribution in [1.82, 2.24) is 5.32 Å². The first-order chi connectivity index (χ1) is 8.11. The Kier molecular flexibility index (Phi) is 4.96. The molecule has 0 aromatic heterocycles. The van der Waals surface area contributed by atoms with Gasteiger partial charge in [-0.25, -0.2) is 0 Å². The van der Waals surface area contributed by atoms with Gasteiger partial charge in [0.15, 0.2) is 6.61 Å². The molecule has 0 aliphatic carbocycles. The predicted octanol–water partition coefficient (Wildman–Crippen LogP) is -0.291. The first-order valence-corrected chi connectivity index (χ1v) is 5.07. The highest BCUT2D eigenvalue weighted by Crippen LogP contribution is 2.15. The molecule has 0 bridgehead atoms. The van der Waals surface area contributed by atoms with Crippen LogP contribution in [-0.2, 0) is 9.59 Å². The Morgan fingerprint density at radius 1 is 1.29 bits per heavy atom. The highest BCUT2D eigenvalue weighted by atomic mass is 16.5. The molecule has 2 amide bonds. The maximum atomic E-state index is 11.2. The van der Waals surface area contributed by atoms with Crippen LogP contribution in [0.5, 0.6) is 5.75 Å². The number of nitrogens with one attached hydrogen (secondary N) is 2. The summed E-state index contributed by atoms with van der Waals surface area (Å²) in [5.74, 6) is -0.134. The smallest absolute Gasteiger partial charge is 0.255 e. The fourth-order valence-electron chi connectivity index (χ4n) is 1.15. The monoisotopic (exact) mass is 237 g/mol. The average Bonchev–Trinajstić information content (AvgIpc) is 2.28. The van der Waals surface area contributed by atoms with Gasteiger partial charge in [-0.15, -0.1) is 0 Å². The summed E-state index contributed by atoms with van der Waals surface area (Å²) in [6, 6.07) is 6.67. The number of rotatable bonds is 6. The molecule has 1 rings (SSSR count). The van der Waals surface area contributed by atoms with Gasteiger partial charge >= 0.3 is 0 Å². The quantitative estimate of drug-likeness (QED) is 0.633. The zero-order chi connectivity index (χ0) is 12.7. The molecule has 0 saturated carbocycles. The Morgan fingerprint density at radius 2 is 1.94 bits per heavy atom. The van der Waals surface area contributed by atoms with Crippen molar-refractivity contribution in [1.29, 1.82) is 0 Å². The van der Waals surface area contributed by atoms with Crippen molar-refractivity contribution < 1.29 is 14.3 Å². The minimum absolute atomic E-state index is 0.127. The number of ether oxygens (including phenoxy) is 1. The second kappa shape index (κ2) is 6.49. The van der Waals surface area contributed by atoms with Gasteiger partial charge in [0.05, 0.1) is 6.54 Å². The lowest BCUT2D eigenvalue weighted by molar-refractivity contribution is -0.120. The fourth-order valence-corrected chi connectivity index (χ4v) is 1.15. The molecule has 0 heterocycles. The van der Waals surface area contributed by atoms with E-state index in [4.69, 9.17) is 10.5 Å². The first kappa shape index (κ1) is 13.0. The fraction of sp³-hybridized carbons (Fsp3) is 0.273. The Balaban J connectivity index is 2.49. The normalized spacial score (nSPS) is 9.71. The number of primary amides is 1. The van der Waals surface area contributed by atoms with E-state index in [1.54, 1.807) is 31.3 Å². The zero-order valence-corrected chi connectivity index (χ0v) is 9.53. The van der Waals surface area contributed by atoms with Gasteiger partial charge in [0.1, 0.15) is 5.75 Å². The molecule has 0 radical (unpaired) electrons. The highest BCUT2D eigenvalue weighted by Gasteiger charge is 2.01. The molecule has 6 nitrogen and oxygen atoms in total. The van der Waals surface area contributed by atoms with Gasteiger partial charge in [-0.1, -0.05) is 0 Å². The number of benzene rings is 1. The molecule has 6 heteroatoms. The molecular formula is C11H15N3O3.